The summed E-state index contributed by atoms with van der Waals surface area (Å²) in [6.45, 7) is 0.727. The van der Waals surface area contributed by atoms with Crippen LogP contribution in [0.2, 0.25) is 0 Å². The van der Waals surface area contributed by atoms with E-state index in [1.165, 1.54) is 0 Å². The fourth-order valence-electron chi connectivity index (χ4n) is 3.40. The molecule has 10 heteroatoms. The number of aromatic nitrogens is 3. The summed E-state index contributed by atoms with van der Waals surface area (Å²) < 4.78 is 48.0. The molecular formula is C18H17F3N4O3. The van der Waals surface area contributed by atoms with Crippen LogP contribution in [0.3, 0.4) is 0 Å². The van der Waals surface area contributed by atoms with Crippen LogP contribution in [0, 0.1) is 0 Å². The minimum Gasteiger partial charge on any atom is -0.497 e. The average Bonchev–Trinajstić information content (AvgIpc) is 3.34. The van der Waals surface area contributed by atoms with E-state index in [1.54, 1.807) is 30.2 Å². The molecule has 3 aromatic rings. The largest absolute Gasteiger partial charge is 0.497 e. The highest BCUT2D eigenvalue weighted by Gasteiger charge is 2.39. The van der Waals surface area contributed by atoms with Gasteiger partial charge in [0.15, 0.2) is 0 Å². The molecule has 4 rings (SSSR count). The fraction of sp³-hybridized carbons (Fsp3) is 0.389. The van der Waals surface area contributed by atoms with Crippen molar-refractivity contribution in [3.05, 3.63) is 41.7 Å². The van der Waals surface area contributed by atoms with Crippen LogP contribution < -0.4 is 4.74 Å². The average molecular weight is 394 g/mol. The number of halogens is 3. The second kappa shape index (κ2) is 6.84. The lowest BCUT2D eigenvalue weighted by Gasteiger charge is -2.30. The number of hydrogen-bond donors (Lipinski definition) is 1. The van der Waals surface area contributed by atoms with Crippen molar-refractivity contribution in [2.75, 3.05) is 20.2 Å². The number of ether oxygens (including phenoxy) is 1. The van der Waals surface area contributed by atoms with E-state index in [0.717, 1.165) is 10.9 Å². The number of nitrogens with zero attached hydrogens (tertiary/aromatic N) is 3. The predicted molar refractivity (Wildman–Crippen MR) is 92.0 cm³/mol. The zero-order valence-electron chi connectivity index (χ0n) is 14.9. The SMILES string of the molecule is COc1ccc2cc(C(=O)N3CCCC(c4nnc(C(F)(F)F)o4)C3)[nH]c2c1. The number of piperidine rings is 1. The Morgan fingerprint density at radius 2 is 2.14 bits per heavy atom. The molecular weight excluding hydrogens is 377 g/mol. The third-order valence-electron chi connectivity index (χ3n) is 4.80. The van der Waals surface area contributed by atoms with E-state index in [9.17, 15) is 18.0 Å². The van der Waals surface area contributed by atoms with Gasteiger partial charge < -0.3 is 19.0 Å². The van der Waals surface area contributed by atoms with Gasteiger partial charge in [-0.15, -0.1) is 10.2 Å². The van der Waals surface area contributed by atoms with E-state index in [1.807, 2.05) is 6.07 Å². The van der Waals surface area contributed by atoms with Crippen molar-refractivity contribution in [1.82, 2.24) is 20.1 Å². The molecule has 7 nitrogen and oxygen atoms in total. The molecule has 1 atom stereocenters. The van der Waals surface area contributed by atoms with E-state index in [0.29, 0.717) is 30.8 Å². The molecule has 1 aromatic carbocycles. The smallest absolute Gasteiger partial charge is 0.470 e. The van der Waals surface area contributed by atoms with Gasteiger partial charge in [0.05, 0.1) is 13.0 Å². The Bertz CT molecular complexity index is 1010. The van der Waals surface area contributed by atoms with Gasteiger partial charge in [-0.25, -0.2) is 0 Å². The maximum atomic E-state index is 12.9. The van der Waals surface area contributed by atoms with Crippen LogP contribution in [-0.4, -0.2) is 46.2 Å². The number of amides is 1. The second-order valence-electron chi connectivity index (χ2n) is 6.67. The highest BCUT2D eigenvalue weighted by atomic mass is 19.4. The maximum Gasteiger partial charge on any atom is 0.470 e. The van der Waals surface area contributed by atoms with Gasteiger partial charge in [0.1, 0.15) is 11.4 Å². The van der Waals surface area contributed by atoms with E-state index in [-0.39, 0.29) is 18.3 Å². The highest BCUT2D eigenvalue weighted by Crippen LogP contribution is 2.32. The van der Waals surface area contributed by atoms with Crippen LogP contribution in [0.15, 0.2) is 28.7 Å². The van der Waals surface area contributed by atoms with Crippen molar-refractivity contribution in [2.45, 2.75) is 24.9 Å². The van der Waals surface area contributed by atoms with E-state index < -0.39 is 18.0 Å². The zero-order chi connectivity index (χ0) is 19.9. The number of H-pyrrole nitrogens is 1. The molecule has 2 aromatic heterocycles. The van der Waals surface area contributed by atoms with E-state index >= 15 is 0 Å². The molecule has 3 heterocycles. The molecule has 0 saturated carbocycles. The molecule has 0 spiro atoms. The van der Waals surface area contributed by atoms with Crippen LogP contribution in [0.5, 0.6) is 5.75 Å². The molecule has 1 unspecified atom stereocenters. The van der Waals surface area contributed by atoms with Gasteiger partial charge in [0, 0.05) is 30.1 Å². The summed E-state index contributed by atoms with van der Waals surface area (Å²) in [6, 6.07) is 7.18. The Kier molecular flexibility index (Phi) is 4.48. The van der Waals surface area contributed by atoms with Gasteiger partial charge in [-0.05, 0) is 31.0 Å². The molecule has 1 aliphatic heterocycles. The first kappa shape index (κ1) is 18.3. The third kappa shape index (κ3) is 3.41. The number of rotatable bonds is 3. The summed E-state index contributed by atoms with van der Waals surface area (Å²) >= 11 is 0. The molecule has 1 N–H and O–H groups in total. The number of fused-ring (bicyclic) bond motifs is 1. The van der Waals surface area contributed by atoms with Crippen LogP contribution in [0.4, 0.5) is 13.2 Å². The van der Waals surface area contributed by atoms with Gasteiger partial charge >= 0.3 is 12.1 Å². The quantitative estimate of drug-likeness (QED) is 0.734. The Balaban J connectivity index is 1.52. The number of hydrogen-bond acceptors (Lipinski definition) is 5. The Morgan fingerprint density at radius 3 is 2.86 bits per heavy atom. The fourth-order valence-corrected chi connectivity index (χ4v) is 3.40. The summed E-state index contributed by atoms with van der Waals surface area (Å²) in [4.78, 5) is 17.5. The van der Waals surface area contributed by atoms with Crippen molar-refractivity contribution in [3.63, 3.8) is 0 Å². The number of carbonyl (C=O) groups excluding carboxylic acids is 1. The third-order valence-corrected chi connectivity index (χ3v) is 4.80. The maximum absolute atomic E-state index is 12.9. The normalized spacial score (nSPS) is 17.9. The Morgan fingerprint density at radius 1 is 1.32 bits per heavy atom. The number of likely N-dealkylation sites (tertiary alicyclic amines) is 1. The van der Waals surface area contributed by atoms with Crippen molar-refractivity contribution < 1.29 is 27.1 Å². The van der Waals surface area contributed by atoms with Crippen LogP contribution in [-0.2, 0) is 6.18 Å². The summed E-state index contributed by atoms with van der Waals surface area (Å²) in [7, 11) is 1.56. The Labute approximate surface area is 157 Å². The summed E-state index contributed by atoms with van der Waals surface area (Å²) in [5.74, 6) is -1.44. The van der Waals surface area contributed by atoms with E-state index in [2.05, 4.69) is 15.2 Å². The van der Waals surface area contributed by atoms with Crippen LogP contribution >= 0.6 is 0 Å². The van der Waals surface area contributed by atoms with Crippen LogP contribution in [0.1, 0.15) is 41.0 Å². The molecule has 1 amide bonds. The molecule has 148 valence electrons. The van der Waals surface area contributed by atoms with Gasteiger partial charge in [-0.1, -0.05) is 0 Å². The molecule has 1 fully saturated rings. The second-order valence-corrected chi connectivity index (χ2v) is 6.67. The number of nitrogens with one attached hydrogen (secondary N) is 1. The molecule has 1 saturated heterocycles. The monoisotopic (exact) mass is 394 g/mol. The van der Waals surface area contributed by atoms with Crippen molar-refractivity contribution in [3.8, 4) is 5.75 Å². The number of aromatic amines is 1. The van der Waals surface area contributed by atoms with E-state index in [4.69, 9.17) is 9.15 Å². The lowest BCUT2D eigenvalue weighted by atomic mass is 9.98. The standard InChI is InChI=1S/C18H17F3N4O3/c1-27-12-5-4-10-7-14(22-13(10)8-12)16(26)25-6-2-3-11(9-25)15-23-24-17(28-15)18(19,20)21/h4-5,7-8,11,22H,2-3,6,9H2,1H3. The Hall–Kier alpha value is -3.04. The number of methoxy groups -OCH3 is 1. The summed E-state index contributed by atoms with van der Waals surface area (Å²) in [6.07, 6.45) is -3.47. The lowest BCUT2D eigenvalue weighted by Crippen LogP contribution is -2.39. The van der Waals surface area contributed by atoms with Gasteiger partial charge in [-0.2, -0.15) is 13.2 Å². The first-order valence-corrected chi connectivity index (χ1v) is 8.72. The first-order valence-electron chi connectivity index (χ1n) is 8.72. The molecule has 1 aliphatic rings. The zero-order valence-corrected chi connectivity index (χ0v) is 14.9. The van der Waals surface area contributed by atoms with Crippen molar-refractivity contribution in [2.24, 2.45) is 0 Å². The molecule has 0 radical (unpaired) electrons. The first-order chi connectivity index (χ1) is 13.3. The molecule has 0 aliphatic carbocycles. The summed E-state index contributed by atoms with van der Waals surface area (Å²) in [5, 5.41) is 7.47. The summed E-state index contributed by atoms with van der Waals surface area (Å²) in [5.41, 5.74) is 1.17. The van der Waals surface area contributed by atoms with Gasteiger partial charge in [-0.3, -0.25) is 4.79 Å². The van der Waals surface area contributed by atoms with Crippen molar-refractivity contribution >= 4 is 16.8 Å². The minimum atomic E-state index is -4.68. The molecule has 28 heavy (non-hydrogen) atoms. The predicted octanol–water partition coefficient (Wildman–Crippen LogP) is 3.60. The number of alkyl halides is 3. The van der Waals surface area contributed by atoms with Gasteiger partial charge in [0.2, 0.25) is 5.89 Å². The molecule has 0 bridgehead atoms. The topological polar surface area (TPSA) is 84.2 Å². The highest BCUT2D eigenvalue weighted by molar-refractivity contribution is 5.98. The van der Waals surface area contributed by atoms with Crippen molar-refractivity contribution in [1.29, 1.82) is 0 Å². The van der Waals surface area contributed by atoms with Crippen LogP contribution in [0.25, 0.3) is 10.9 Å². The lowest BCUT2D eigenvalue weighted by molar-refractivity contribution is -0.157. The minimum absolute atomic E-state index is 0.0915. The van der Waals surface area contributed by atoms with Gasteiger partial charge in [0.25, 0.3) is 5.91 Å². The number of benzene rings is 1. The number of carbonyl (C=O) groups is 1.